The van der Waals surface area contributed by atoms with Gasteiger partial charge in [0.2, 0.25) is 17.7 Å². The van der Waals surface area contributed by atoms with Gasteiger partial charge in [-0.15, -0.1) is 0 Å². The molecular weight excluding hydrogens is 603 g/mol. The second kappa shape index (κ2) is 12.1. The van der Waals surface area contributed by atoms with Crippen LogP contribution in [0.3, 0.4) is 0 Å². The average molecular weight is 630 g/mol. The van der Waals surface area contributed by atoms with Gasteiger partial charge in [-0.25, -0.2) is 9.69 Å². The SMILES string of the molecule is CCOC(=O)c1ccc(NC(=O)Cn2c3c(sc2=O)[C@@H](c2ccccc2OC)[C@@H]2C(=O)N(c4ccccc4)C(=O)[C@@H]2S3)cc1. The second-order valence-corrected chi connectivity index (χ2v) is 12.2. The van der Waals surface area contributed by atoms with Crippen LogP contribution in [0.25, 0.3) is 0 Å². The minimum absolute atomic E-state index is 0.249. The van der Waals surface area contributed by atoms with E-state index in [-0.39, 0.29) is 29.8 Å². The third-order valence-corrected chi connectivity index (χ3v) is 10.1. The molecule has 3 amide bonds. The van der Waals surface area contributed by atoms with Gasteiger partial charge in [-0.05, 0) is 49.4 Å². The van der Waals surface area contributed by atoms with Crippen molar-refractivity contribution in [1.29, 1.82) is 0 Å². The van der Waals surface area contributed by atoms with Gasteiger partial charge in [-0.3, -0.25) is 23.7 Å². The van der Waals surface area contributed by atoms with Gasteiger partial charge in [0.1, 0.15) is 17.5 Å². The first-order valence-corrected chi connectivity index (χ1v) is 15.5. The molecule has 0 unspecified atom stereocenters. The fourth-order valence-electron chi connectivity index (χ4n) is 5.59. The Bertz CT molecular complexity index is 1820. The number of rotatable bonds is 8. The van der Waals surface area contributed by atoms with Gasteiger partial charge in [-0.2, -0.15) is 0 Å². The Balaban J connectivity index is 1.35. The molecule has 0 spiro atoms. The first kappa shape index (κ1) is 29.4. The summed E-state index contributed by atoms with van der Waals surface area (Å²) < 4.78 is 12.0. The molecule has 3 atom stereocenters. The van der Waals surface area contributed by atoms with E-state index in [1.807, 2.05) is 24.3 Å². The molecule has 3 aromatic carbocycles. The Kier molecular flexibility index (Phi) is 8.11. The van der Waals surface area contributed by atoms with E-state index in [9.17, 15) is 24.0 Å². The fourth-order valence-corrected chi connectivity index (χ4v) is 8.36. The molecule has 44 heavy (non-hydrogen) atoms. The van der Waals surface area contributed by atoms with Crippen LogP contribution in [0, 0.1) is 5.92 Å². The summed E-state index contributed by atoms with van der Waals surface area (Å²) in [5.41, 5.74) is 1.95. The van der Waals surface area contributed by atoms with Gasteiger partial charge in [0, 0.05) is 22.0 Å². The summed E-state index contributed by atoms with van der Waals surface area (Å²) in [5, 5.41) is 2.42. The van der Waals surface area contributed by atoms with E-state index < -0.39 is 29.0 Å². The first-order chi connectivity index (χ1) is 21.3. The number of hydrogen-bond acceptors (Lipinski definition) is 9. The molecule has 0 aliphatic carbocycles. The molecule has 10 nitrogen and oxygen atoms in total. The van der Waals surface area contributed by atoms with Gasteiger partial charge in [-0.1, -0.05) is 59.5 Å². The summed E-state index contributed by atoms with van der Waals surface area (Å²) in [5.74, 6) is -2.55. The number of carbonyl (C=O) groups excluding carboxylic acids is 4. The molecule has 1 N–H and O–H groups in total. The van der Waals surface area contributed by atoms with Crippen LogP contribution in [0.2, 0.25) is 0 Å². The van der Waals surface area contributed by atoms with Crippen LogP contribution in [-0.2, 0) is 25.7 Å². The van der Waals surface area contributed by atoms with Crippen molar-refractivity contribution in [3.05, 3.63) is 105 Å². The van der Waals surface area contributed by atoms with Gasteiger partial charge in [0.25, 0.3) is 0 Å². The Morgan fingerprint density at radius 1 is 0.909 bits per heavy atom. The fraction of sp³-hybridized carbons (Fsp3) is 0.219. The molecule has 224 valence electrons. The zero-order chi connectivity index (χ0) is 31.0. The van der Waals surface area contributed by atoms with Gasteiger partial charge < -0.3 is 14.8 Å². The number of nitrogens with one attached hydrogen (secondary N) is 1. The minimum Gasteiger partial charge on any atom is -0.496 e. The molecule has 12 heteroatoms. The van der Waals surface area contributed by atoms with Gasteiger partial charge in [0.05, 0.1) is 35.9 Å². The monoisotopic (exact) mass is 629 g/mol. The number of nitrogens with zero attached hydrogens (tertiary/aromatic N) is 2. The summed E-state index contributed by atoms with van der Waals surface area (Å²) in [6.07, 6.45) is 0. The molecular formula is C32H27N3O7S2. The molecule has 4 aromatic rings. The molecule has 0 bridgehead atoms. The number of amides is 3. The highest BCUT2D eigenvalue weighted by molar-refractivity contribution is 8.00. The number of para-hydroxylation sites is 2. The number of methoxy groups -OCH3 is 1. The number of thiazole rings is 1. The van der Waals surface area contributed by atoms with Crippen LogP contribution in [0.15, 0.2) is 88.7 Å². The van der Waals surface area contributed by atoms with E-state index in [1.54, 1.807) is 61.5 Å². The van der Waals surface area contributed by atoms with E-state index in [0.29, 0.717) is 38.2 Å². The highest BCUT2D eigenvalue weighted by Gasteiger charge is 2.57. The van der Waals surface area contributed by atoms with Crippen LogP contribution in [-0.4, -0.2) is 47.2 Å². The normalized spacial score (nSPS) is 18.9. The molecule has 1 saturated heterocycles. The minimum atomic E-state index is -0.816. The predicted molar refractivity (Wildman–Crippen MR) is 167 cm³/mol. The largest absolute Gasteiger partial charge is 0.496 e. The number of fused-ring (bicyclic) bond motifs is 2. The van der Waals surface area contributed by atoms with E-state index in [4.69, 9.17) is 9.47 Å². The van der Waals surface area contributed by atoms with Gasteiger partial charge >= 0.3 is 10.8 Å². The lowest BCUT2D eigenvalue weighted by atomic mass is 9.82. The zero-order valence-electron chi connectivity index (χ0n) is 23.7. The summed E-state index contributed by atoms with van der Waals surface area (Å²) >= 11 is 2.11. The highest BCUT2D eigenvalue weighted by Crippen LogP contribution is 2.55. The number of thioether (sulfide) groups is 1. The summed E-state index contributed by atoms with van der Waals surface area (Å²) in [6.45, 7) is 1.66. The molecule has 1 fully saturated rings. The Morgan fingerprint density at radius 2 is 1.61 bits per heavy atom. The maximum Gasteiger partial charge on any atom is 0.338 e. The lowest BCUT2D eigenvalue weighted by Gasteiger charge is -2.31. The summed E-state index contributed by atoms with van der Waals surface area (Å²) in [7, 11) is 1.53. The van der Waals surface area contributed by atoms with E-state index in [0.717, 1.165) is 23.1 Å². The topological polar surface area (TPSA) is 124 Å². The zero-order valence-corrected chi connectivity index (χ0v) is 25.4. The maximum atomic E-state index is 14.0. The lowest BCUT2D eigenvalue weighted by molar-refractivity contribution is -0.122. The number of hydrogen-bond donors (Lipinski definition) is 1. The summed E-state index contributed by atoms with van der Waals surface area (Å²) in [6, 6.07) is 22.3. The van der Waals surface area contributed by atoms with E-state index >= 15 is 0 Å². The number of aromatic nitrogens is 1. The summed E-state index contributed by atoms with van der Waals surface area (Å²) in [4.78, 5) is 67.8. The van der Waals surface area contributed by atoms with Crippen LogP contribution in [0.1, 0.15) is 33.6 Å². The molecule has 3 heterocycles. The Hall–Kier alpha value is -4.68. The average Bonchev–Trinajstić information content (AvgIpc) is 3.48. The molecule has 6 rings (SSSR count). The first-order valence-electron chi connectivity index (χ1n) is 13.8. The maximum absolute atomic E-state index is 14.0. The predicted octanol–water partition coefficient (Wildman–Crippen LogP) is 4.53. The van der Waals surface area contributed by atoms with Crippen molar-refractivity contribution in [2.45, 2.75) is 29.7 Å². The molecule has 0 radical (unpaired) electrons. The third-order valence-electron chi connectivity index (χ3n) is 7.52. The van der Waals surface area contributed by atoms with Crippen molar-refractivity contribution in [1.82, 2.24) is 4.57 Å². The van der Waals surface area contributed by atoms with Crippen molar-refractivity contribution in [3.63, 3.8) is 0 Å². The molecule has 0 saturated carbocycles. The highest BCUT2D eigenvalue weighted by atomic mass is 32.2. The number of anilines is 2. The number of ether oxygens (including phenoxy) is 2. The quantitative estimate of drug-likeness (QED) is 0.223. The third kappa shape index (κ3) is 5.20. The van der Waals surface area contributed by atoms with Crippen molar-refractivity contribution in [3.8, 4) is 5.75 Å². The van der Waals surface area contributed by atoms with Crippen LogP contribution in [0.4, 0.5) is 11.4 Å². The second-order valence-electron chi connectivity index (χ2n) is 10.1. The molecule has 2 aliphatic rings. The Labute approximate surface area is 260 Å². The lowest BCUT2D eigenvalue weighted by Crippen LogP contribution is -2.33. The van der Waals surface area contributed by atoms with E-state index in [1.165, 1.54) is 16.6 Å². The van der Waals surface area contributed by atoms with Crippen LogP contribution in [0.5, 0.6) is 5.75 Å². The smallest absolute Gasteiger partial charge is 0.338 e. The number of benzene rings is 3. The van der Waals surface area contributed by atoms with Crippen molar-refractivity contribution >= 4 is 58.2 Å². The Morgan fingerprint density at radius 3 is 2.32 bits per heavy atom. The number of carbonyl (C=O) groups is 4. The van der Waals surface area contributed by atoms with Crippen molar-refractivity contribution in [2.75, 3.05) is 23.9 Å². The van der Waals surface area contributed by atoms with E-state index in [2.05, 4.69) is 5.32 Å². The van der Waals surface area contributed by atoms with Crippen molar-refractivity contribution < 1.29 is 28.7 Å². The van der Waals surface area contributed by atoms with Crippen LogP contribution >= 0.6 is 23.1 Å². The number of esters is 1. The standard InChI is InChI=1S/C32H27N3O7S2/c1-3-42-31(39)18-13-15-19(16-14-18)33-23(36)17-34-30-27(44-32(34)40)24(21-11-7-8-12-22(21)41-2)25-26(43-30)29(38)35(28(25)37)20-9-5-4-6-10-20/h4-16,24-26H,3,17H2,1-2H3,(H,33,36)/t24-,25-,26+/m0/s1. The van der Waals surface area contributed by atoms with Gasteiger partial charge in [0.15, 0.2) is 0 Å². The van der Waals surface area contributed by atoms with Crippen molar-refractivity contribution in [2.24, 2.45) is 5.92 Å². The molecule has 2 aliphatic heterocycles. The van der Waals surface area contributed by atoms with Crippen LogP contribution < -0.4 is 19.8 Å². The molecule has 1 aromatic heterocycles. The number of imide groups is 1.